The van der Waals surface area contributed by atoms with Crippen molar-refractivity contribution in [3.63, 3.8) is 0 Å². The molecule has 1 saturated heterocycles. The summed E-state index contributed by atoms with van der Waals surface area (Å²) >= 11 is 0. The summed E-state index contributed by atoms with van der Waals surface area (Å²) in [4.78, 5) is 11.0. The Morgan fingerprint density at radius 2 is 2.38 bits per heavy atom. The molecule has 67 valence electrons. The van der Waals surface area contributed by atoms with Crippen LogP contribution in [0.15, 0.2) is 24.3 Å². The molecule has 2 N–H and O–H groups in total. The van der Waals surface area contributed by atoms with E-state index in [1.54, 1.807) is 0 Å². The van der Waals surface area contributed by atoms with Gasteiger partial charge in [-0.2, -0.15) is 0 Å². The molecule has 3 heteroatoms. The smallest absolute Gasteiger partial charge is 0.235 e. The molecule has 1 aromatic carbocycles. The molecule has 0 aliphatic carbocycles. The number of nitrogens with one attached hydrogen (secondary N) is 2. The lowest BCUT2D eigenvalue weighted by atomic mass is 10.0. The van der Waals surface area contributed by atoms with Crippen LogP contribution in [-0.2, 0) is 10.5 Å². The van der Waals surface area contributed by atoms with Crippen molar-refractivity contribution in [3.05, 3.63) is 35.9 Å². The lowest BCUT2D eigenvalue weighted by Crippen LogP contribution is -2.43. The highest BCUT2D eigenvalue weighted by molar-refractivity contribution is 5.81. The molecular weight excluding hydrogens is 164 g/mol. The summed E-state index contributed by atoms with van der Waals surface area (Å²) in [5, 5.41) is 5.97. The summed E-state index contributed by atoms with van der Waals surface area (Å²) in [5.74, 6) is 0.0275. The summed E-state index contributed by atoms with van der Waals surface area (Å²) in [7, 11) is 0. The summed E-state index contributed by atoms with van der Waals surface area (Å²) in [6.07, 6.45) is 0. The van der Waals surface area contributed by atoms with Crippen molar-refractivity contribution in [1.82, 2.24) is 10.6 Å². The number of hydrogen-bond acceptors (Lipinski definition) is 2. The van der Waals surface area contributed by atoms with Gasteiger partial charge in [-0.05, 0) is 18.6 Å². The third-order valence-corrected chi connectivity index (χ3v) is 2.24. The van der Waals surface area contributed by atoms with Gasteiger partial charge >= 0.3 is 0 Å². The van der Waals surface area contributed by atoms with E-state index in [1.165, 1.54) is 0 Å². The van der Waals surface area contributed by atoms with E-state index in [-0.39, 0.29) is 5.91 Å². The Labute approximate surface area is 77.1 Å². The first-order valence-electron chi connectivity index (χ1n) is 4.24. The molecule has 0 bridgehead atoms. The van der Waals surface area contributed by atoms with E-state index in [2.05, 4.69) is 16.7 Å². The first kappa shape index (κ1) is 8.26. The molecule has 3 nitrogen and oxygen atoms in total. The summed E-state index contributed by atoms with van der Waals surface area (Å²) in [6, 6.07) is 10.7. The number of rotatable bonds is 1. The lowest BCUT2D eigenvalue weighted by Gasteiger charge is -2.24. The number of benzene rings is 1. The van der Waals surface area contributed by atoms with E-state index in [0.29, 0.717) is 6.54 Å². The first-order chi connectivity index (χ1) is 6.21. The van der Waals surface area contributed by atoms with Crippen LogP contribution in [0.4, 0.5) is 0 Å². The van der Waals surface area contributed by atoms with E-state index in [0.717, 1.165) is 5.56 Å². The van der Waals surface area contributed by atoms with Gasteiger partial charge in [-0.25, -0.2) is 0 Å². The van der Waals surface area contributed by atoms with Crippen LogP contribution >= 0.6 is 0 Å². The highest BCUT2D eigenvalue weighted by Crippen LogP contribution is 2.18. The molecule has 1 heterocycles. The third kappa shape index (κ3) is 1.42. The van der Waals surface area contributed by atoms with Gasteiger partial charge in [0.15, 0.2) is 0 Å². The van der Waals surface area contributed by atoms with Gasteiger partial charge in [-0.1, -0.05) is 24.3 Å². The van der Waals surface area contributed by atoms with Crippen molar-refractivity contribution in [2.45, 2.75) is 12.6 Å². The van der Waals surface area contributed by atoms with Gasteiger partial charge in [-0.15, -0.1) is 0 Å². The fourth-order valence-corrected chi connectivity index (χ4v) is 1.49. The third-order valence-electron chi connectivity index (χ3n) is 2.24. The first-order valence-corrected chi connectivity index (χ1v) is 4.24. The lowest BCUT2D eigenvalue weighted by molar-refractivity contribution is -0.118. The van der Waals surface area contributed by atoms with Crippen molar-refractivity contribution in [3.8, 4) is 0 Å². The Hall–Kier alpha value is -1.35. The van der Waals surface area contributed by atoms with Crippen LogP contribution in [0.1, 0.15) is 12.5 Å². The highest BCUT2D eigenvalue weighted by atomic mass is 16.2. The van der Waals surface area contributed by atoms with Gasteiger partial charge in [0, 0.05) is 0 Å². The molecule has 0 spiro atoms. The highest BCUT2D eigenvalue weighted by Gasteiger charge is 2.33. The summed E-state index contributed by atoms with van der Waals surface area (Å²) in [5.41, 5.74) is 0.513. The zero-order valence-corrected chi connectivity index (χ0v) is 7.42. The number of carbonyl (C=O) groups excluding carboxylic acids is 1. The molecule has 0 saturated carbocycles. The number of hydrogen-bond donors (Lipinski definition) is 2. The van der Waals surface area contributed by atoms with Gasteiger partial charge in [0.25, 0.3) is 0 Å². The van der Waals surface area contributed by atoms with Crippen LogP contribution in [0.25, 0.3) is 0 Å². The molecule has 1 atom stereocenters. The van der Waals surface area contributed by atoms with Gasteiger partial charge in [0.05, 0.1) is 6.54 Å². The minimum atomic E-state index is -0.446. The van der Waals surface area contributed by atoms with Crippen LogP contribution in [0.2, 0.25) is 0 Å². The predicted octanol–water partition coefficient (Wildman–Crippen LogP) is 0.379. The largest absolute Gasteiger partial charge is 0.333 e. The van der Waals surface area contributed by atoms with Crippen LogP contribution in [0.3, 0.4) is 0 Å². The Morgan fingerprint density at radius 3 is 2.92 bits per heavy atom. The van der Waals surface area contributed by atoms with Crippen LogP contribution < -0.4 is 10.6 Å². The molecule has 1 aromatic rings. The average molecular weight is 175 g/mol. The Morgan fingerprint density at radius 1 is 1.54 bits per heavy atom. The van der Waals surface area contributed by atoms with Crippen LogP contribution in [-0.4, -0.2) is 12.5 Å². The monoisotopic (exact) mass is 175 g/mol. The van der Waals surface area contributed by atoms with E-state index in [4.69, 9.17) is 0 Å². The second-order valence-electron chi connectivity index (χ2n) is 3.30. The van der Waals surface area contributed by atoms with Crippen LogP contribution in [0.5, 0.6) is 0 Å². The van der Waals surface area contributed by atoms with Crippen molar-refractivity contribution in [1.29, 1.82) is 0 Å². The van der Waals surface area contributed by atoms with E-state index >= 15 is 0 Å². The number of amides is 1. The van der Waals surface area contributed by atoms with E-state index < -0.39 is 5.66 Å². The quantitative estimate of drug-likeness (QED) is 0.648. The summed E-state index contributed by atoms with van der Waals surface area (Å²) in [6.45, 7) is 2.31. The zero-order valence-electron chi connectivity index (χ0n) is 7.42. The standard InChI is InChI=1S/C10H11N2O/c1-10(11-7-9(13)12-10)8-5-3-2-4-6-8/h2-5,11H,7H2,1H3,(H,12,13). The van der Waals surface area contributed by atoms with Gasteiger partial charge in [0.2, 0.25) is 5.91 Å². The molecule has 0 aromatic heterocycles. The summed E-state index contributed by atoms with van der Waals surface area (Å²) < 4.78 is 0. The minimum absolute atomic E-state index is 0.0275. The Balaban J connectivity index is 2.31. The second-order valence-corrected chi connectivity index (χ2v) is 3.30. The van der Waals surface area contributed by atoms with Crippen molar-refractivity contribution >= 4 is 5.91 Å². The van der Waals surface area contributed by atoms with E-state index in [9.17, 15) is 4.79 Å². The predicted molar refractivity (Wildman–Crippen MR) is 48.8 cm³/mol. The molecule has 1 aliphatic rings. The molecule has 1 aliphatic heterocycles. The molecule has 2 rings (SSSR count). The number of carbonyl (C=O) groups is 1. The van der Waals surface area contributed by atoms with Crippen molar-refractivity contribution < 1.29 is 4.79 Å². The molecule has 1 fully saturated rings. The molecule has 1 unspecified atom stereocenters. The normalized spacial score (nSPS) is 27.3. The fourth-order valence-electron chi connectivity index (χ4n) is 1.49. The fraction of sp³-hybridized carbons (Fsp3) is 0.300. The van der Waals surface area contributed by atoms with Crippen molar-refractivity contribution in [2.24, 2.45) is 0 Å². The van der Waals surface area contributed by atoms with E-state index in [1.807, 2.05) is 31.2 Å². The van der Waals surface area contributed by atoms with Gasteiger partial charge in [-0.3, -0.25) is 10.1 Å². The van der Waals surface area contributed by atoms with Gasteiger partial charge < -0.3 is 5.32 Å². The van der Waals surface area contributed by atoms with Crippen LogP contribution in [0, 0.1) is 6.07 Å². The van der Waals surface area contributed by atoms with Crippen molar-refractivity contribution in [2.75, 3.05) is 6.54 Å². The molecule has 13 heavy (non-hydrogen) atoms. The maximum absolute atomic E-state index is 11.0. The Bertz CT molecular complexity index is 323. The molecule has 1 radical (unpaired) electrons. The maximum atomic E-state index is 11.0. The maximum Gasteiger partial charge on any atom is 0.235 e. The molecule has 1 amide bonds. The molecular formula is C10H11N2O. The van der Waals surface area contributed by atoms with Gasteiger partial charge in [0.1, 0.15) is 5.66 Å². The SMILES string of the molecule is CC1(c2[c]cccc2)NCC(=O)N1. The minimum Gasteiger partial charge on any atom is -0.333 e. The Kier molecular flexibility index (Phi) is 1.81. The second kappa shape index (κ2) is 2.85. The average Bonchev–Trinajstić information content (AvgIpc) is 2.49. The topological polar surface area (TPSA) is 41.1 Å². The zero-order chi connectivity index (χ0) is 9.31.